The summed E-state index contributed by atoms with van der Waals surface area (Å²) in [4.78, 5) is 13.7. The molecule has 1 N–H and O–H groups in total. The second-order valence-corrected chi connectivity index (χ2v) is 4.96. The Kier molecular flexibility index (Phi) is 4.05. The van der Waals surface area contributed by atoms with Crippen LogP contribution in [0.1, 0.15) is 0 Å². The summed E-state index contributed by atoms with van der Waals surface area (Å²) < 4.78 is 4.82. The monoisotopic (exact) mass is 295 g/mol. The average Bonchev–Trinajstić information content (AvgIpc) is 3.24. The number of aromatic nitrogens is 2. The molecule has 0 fully saturated rings. The van der Waals surface area contributed by atoms with E-state index in [2.05, 4.69) is 10.2 Å². The quantitative estimate of drug-likeness (QED) is 0.861. The minimum absolute atomic E-state index is 0.00186. The molecule has 1 aliphatic rings. The van der Waals surface area contributed by atoms with Crippen LogP contribution in [-0.4, -0.2) is 35.9 Å². The molecule has 0 bridgehead atoms. The average molecular weight is 295 g/mol. The summed E-state index contributed by atoms with van der Waals surface area (Å²) >= 11 is 0. The maximum absolute atomic E-state index is 11.8. The van der Waals surface area contributed by atoms with Crippen molar-refractivity contribution in [2.45, 2.75) is 6.04 Å². The van der Waals surface area contributed by atoms with Gasteiger partial charge in [0.25, 0.3) is 0 Å². The minimum Gasteiger partial charge on any atom is -0.468 e. The van der Waals surface area contributed by atoms with Crippen LogP contribution in [0.15, 0.2) is 60.8 Å². The van der Waals surface area contributed by atoms with Gasteiger partial charge < -0.3 is 9.64 Å². The largest absolute Gasteiger partial charge is 0.468 e. The smallest absolute Gasteiger partial charge is 0.325 e. The molecule has 1 heterocycles. The molecule has 0 atom stereocenters. The number of carbonyl (C=O) groups excluding carboxylic acids is 1. The summed E-state index contributed by atoms with van der Waals surface area (Å²) in [7, 11) is 1.39. The fourth-order valence-electron chi connectivity index (χ4n) is 2.49. The van der Waals surface area contributed by atoms with Crippen LogP contribution in [0.3, 0.4) is 0 Å². The third-order valence-electron chi connectivity index (χ3n) is 3.61. The van der Waals surface area contributed by atoms with Crippen LogP contribution in [0.4, 0.5) is 5.82 Å². The number of hydrogen-bond acceptors (Lipinski definition) is 4. The van der Waals surface area contributed by atoms with Crippen LogP contribution in [0, 0.1) is 0 Å². The van der Waals surface area contributed by atoms with Crippen LogP contribution in [0.5, 0.6) is 0 Å². The number of carbonyl (C=O) groups is 1. The number of allylic oxidation sites excluding steroid dienone is 2. The van der Waals surface area contributed by atoms with Gasteiger partial charge in [0.15, 0.2) is 0 Å². The number of methoxy groups -OCH3 is 1. The predicted molar refractivity (Wildman–Crippen MR) is 85.5 cm³/mol. The lowest BCUT2D eigenvalue weighted by Gasteiger charge is -2.27. The molecule has 1 aliphatic carbocycles. The molecular formula is C17H17N3O2. The van der Waals surface area contributed by atoms with Crippen LogP contribution in [0.2, 0.25) is 0 Å². The van der Waals surface area contributed by atoms with Gasteiger partial charge in [-0.05, 0) is 5.56 Å². The first-order chi connectivity index (χ1) is 10.8. The molecule has 1 aromatic carbocycles. The van der Waals surface area contributed by atoms with E-state index in [-0.39, 0.29) is 18.6 Å². The SMILES string of the molecule is COC(=O)CN(c1[nH]ncc1-c1ccccc1)C1C=CC=C1. The molecule has 22 heavy (non-hydrogen) atoms. The Morgan fingerprint density at radius 1 is 1.27 bits per heavy atom. The minimum atomic E-state index is -0.290. The van der Waals surface area contributed by atoms with Crippen molar-refractivity contribution < 1.29 is 9.53 Å². The summed E-state index contributed by atoms with van der Waals surface area (Å²) in [6.07, 6.45) is 9.76. The first-order valence-electron chi connectivity index (χ1n) is 7.07. The number of benzene rings is 1. The Balaban J connectivity index is 1.98. The zero-order valence-corrected chi connectivity index (χ0v) is 12.3. The lowest BCUT2D eigenvalue weighted by molar-refractivity contribution is -0.139. The lowest BCUT2D eigenvalue weighted by atomic mass is 10.1. The van der Waals surface area contributed by atoms with E-state index < -0.39 is 0 Å². The number of esters is 1. The number of nitrogens with zero attached hydrogens (tertiary/aromatic N) is 2. The van der Waals surface area contributed by atoms with Crippen LogP contribution >= 0.6 is 0 Å². The number of anilines is 1. The van der Waals surface area contributed by atoms with Gasteiger partial charge in [0.1, 0.15) is 12.4 Å². The normalized spacial score (nSPS) is 13.5. The zero-order chi connectivity index (χ0) is 15.4. The lowest BCUT2D eigenvalue weighted by Crippen LogP contribution is -2.37. The number of rotatable bonds is 5. The second-order valence-electron chi connectivity index (χ2n) is 4.96. The van der Waals surface area contributed by atoms with E-state index in [1.54, 1.807) is 6.20 Å². The van der Waals surface area contributed by atoms with E-state index in [1.165, 1.54) is 7.11 Å². The van der Waals surface area contributed by atoms with Gasteiger partial charge in [-0.2, -0.15) is 5.10 Å². The molecule has 0 amide bonds. The highest BCUT2D eigenvalue weighted by Crippen LogP contribution is 2.30. The summed E-state index contributed by atoms with van der Waals surface area (Å²) in [6, 6.07) is 9.97. The standard InChI is InChI=1S/C17H17N3O2/c1-22-16(21)12-20(14-9-5-6-10-14)17-15(11-18-19-17)13-7-3-2-4-8-13/h2-11,14H,12H2,1H3,(H,18,19). The highest BCUT2D eigenvalue weighted by Gasteiger charge is 2.23. The van der Waals surface area contributed by atoms with Crippen molar-refractivity contribution >= 4 is 11.8 Å². The van der Waals surface area contributed by atoms with Gasteiger partial charge in [0.05, 0.1) is 19.3 Å². The van der Waals surface area contributed by atoms with Crippen LogP contribution in [-0.2, 0) is 9.53 Å². The Morgan fingerprint density at radius 3 is 2.68 bits per heavy atom. The van der Waals surface area contributed by atoms with E-state index >= 15 is 0 Å². The van der Waals surface area contributed by atoms with E-state index in [9.17, 15) is 4.79 Å². The zero-order valence-electron chi connectivity index (χ0n) is 12.3. The molecule has 3 rings (SSSR count). The van der Waals surface area contributed by atoms with Crippen LogP contribution in [0.25, 0.3) is 11.1 Å². The van der Waals surface area contributed by atoms with Crippen LogP contribution < -0.4 is 4.90 Å². The molecule has 0 saturated heterocycles. The Hall–Kier alpha value is -2.82. The first-order valence-corrected chi connectivity index (χ1v) is 7.07. The van der Waals surface area contributed by atoms with E-state index in [1.807, 2.05) is 59.5 Å². The molecule has 0 saturated carbocycles. The second kappa shape index (κ2) is 6.30. The van der Waals surface area contributed by atoms with Gasteiger partial charge in [0, 0.05) is 5.56 Å². The van der Waals surface area contributed by atoms with Gasteiger partial charge in [-0.3, -0.25) is 9.89 Å². The van der Waals surface area contributed by atoms with Gasteiger partial charge in [-0.25, -0.2) is 0 Å². The maximum atomic E-state index is 11.8. The number of aromatic amines is 1. The van der Waals surface area contributed by atoms with Crippen molar-refractivity contribution in [2.24, 2.45) is 0 Å². The van der Waals surface area contributed by atoms with E-state index in [0.717, 1.165) is 16.9 Å². The third-order valence-corrected chi connectivity index (χ3v) is 3.61. The van der Waals surface area contributed by atoms with Crippen molar-refractivity contribution in [3.05, 3.63) is 60.8 Å². The summed E-state index contributed by atoms with van der Waals surface area (Å²) in [6.45, 7) is 0.151. The van der Waals surface area contributed by atoms with Crippen molar-refractivity contribution in [1.29, 1.82) is 0 Å². The maximum Gasteiger partial charge on any atom is 0.325 e. The summed E-state index contributed by atoms with van der Waals surface area (Å²) in [5, 5.41) is 7.17. The topological polar surface area (TPSA) is 58.2 Å². The third kappa shape index (κ3) is 2.79. The van der Waals surface area contributed by atoms with Gasteiger partial charge in [0.2, 0.25) is 0 Å². The highest BCUT2D eigenvalue weighted by molar-refractivity contribution is 5.81. The molecule has 112 valence electrons. The summed E-state index contributed by atoms with van der Waals surface area (Å²) in [5.74, 6) is 0.514. The fraction of sp³-hybridized carbons (Fsp3) is 0.176. The number of ether oxygens (including phenoxy) is 1. The van der Waals surface area contributed by atoms with E-state index in [0.29, 0.717) is 0 Å². The summed E-state index contributed by atoms with van der Waals surface area (Å²) in [5.41, 5.74) is 2.00. The number of nitrogens with one attached hydrogen (secondary N) is 1. The highest BCUT2D eigenvalue weighted by atomic mass is 16.5. The Bertz CT molecular complexity index is 692. The number of hydrogen-bond donors (Lipinski definition) is 1. The predicted octanol–water partition coefficient (Wildman–Crippen LogP) is 2.55. The van der Waals surface area contributed by atoms with Crippen molar-refractivity contribution in [3.63, 3.8) is 0 Å². The molecule has 0 aliphatic heterocycles. The molecule has 2 aromatic rings. The molecule has 1 aromatic heterocycles. The molecule has 0 radical (unpaired) electrons. The number of H-pyrrole nitrogens is 1. The van der Waals surface area contributed by atoms with Crippen molar-refractivity contribution in [3.8, 4) is 11.1 Å². The molecular weight excluding hydrogens is 278 g/mol. The molecule has 5 heteroatoms. The first kappa shape index (κ1) is 14.1. The molecule has 0 unspecified atom stereocenters. The van der Waals surface area contributed by atoms with Crippen molar-refractivity contribution in [1.82, 2.24) is 10.2 Å². The Labute approximate surface area is 128 Å². The molecule has 5 nitrogen and oxygen atoms in total. The van der Waals surface area contributed by atoms with E-state index in [4.69, 9.17) is 4.74 Å². The molecule has 0 spiro atoms. The van der Waals surface area contributed by atoms with Gasteiger partial charge in [-0.1, -0.05) is 54.6 Å². The Morgan fingerprint density at radius 2 is 2.00 bits per heavy atom. The van der Waals surface area contributed by atoms with Gasteiger partial charge >= 0.3 is 5.97 Å². The van der Waals surface area contributed by atoms with Crippen molar-refractivity contribution in [2.75, 3.05) is 18.6 Å². The van der Waals surface area contributed by atoms with Gasteiger partial charge in [-0.15, -0.1) is 0 Å². The fourth-order valence-corrected chi connectivity index (χ4v) is 2.49.